The van der Waals surface area contributed by atoms with E-state index >= 15 is 0 Å². The van der Waals surface area contributed by atoms with Gasteiger partial charge in [-0.05, 0) is 18.9 Å². The van der Waals surface area contributed by atoms with Crippen LogP contribution in [-0.4, -0.2) is 60.7 Å². The SMILES string of the molecule is O=C(NCCCN1CCCC1=O)c1ccc(OC2CCOCC2)nc1. The van der Waals surface area contributed by atoms with Crippen LogP contribution in [0.4, 0.5) is 0 Å². The number of pyridine rings is 1. The summed E-state index contributed by atoms with van der Waals surface area (Å²) in [5.41, 5.74) is 0.511. The lowest BCUT2D eigenvalue weighted by Crippen LogP contribution is -2.30. The Balaban J connectivity index is 1.38. The molecule has 2 amide bonds. The highest BCUT2D eigenvalue weighted by molar-refractivity contribution is 5.93. The molecule has 0 aliphatic carbocycles. The summed E-state index contributed by atoms with van der Waals surface area (Å²) in [5, 5.41) is 2.86. The molecule has 136 valence electrons. The maximum Gasteiger partial charge on any atom is 0.252 e. The van der Waals surface area contributed by atoms with Crippen LogP contribution in [0, 0.1) is 0 Å². The molecule has 0 radical (unpaired) electrons. The normalized spacial score (nSPS) is 18.4. The number of nitrogens with one attached hydrogen (secondary N) is 1. The maximum absolute atomic E-state index is 12.1. The van der Waals surface area contributed by atoms with E-state index in [2.05, 4.69) is 10.3 Å². The van der Waals surface area contributed by atoms with Crippen LogP contribution in [0.5, 0.6) is 5.88 Å². The van der Waals surface area contributed by atoms with Crippen LogP contribution in [-0.2, 0) is 9.53 Å². The van der Waals surface area contributed by atoms with Crippen LogP contribution in [0.3, 0.4) is 0 Å². The van der Waals surface area contributed by atoms with Crippen molar-refractivity contribution < 1.29 is 19.1 Å². The van der Waals surface area contributed by atoms with Gasteiger partial charge < -0.3 is 19.7 Å². The lowest BCUT2D eigenvalue weighted by atomic mass is 10.1. The fourth-order valence-corrected chi connectivity index (χ4v) is 3.06. The van der Waals surface area contributed by atoms with E-state index in [1.54, 1.807) is 12.1 Å². The molecule has 0 atom stereocenters. The van der Waals surface area contributed by atoms with Gasteiger partial charge >= 0.3 is 0 Å². The van der Waals surface area contributed by atoms with Crippen molar-refractivity contribution in [1.82, 2.24) is 15.2 Å². The Morgan fingerprint density at radius 3 is 2.88 bits per heavy atom. The van der Waals surface area contributed by atoms with E-state index < -0.39 is 0 Å². The topological polar surface area (TPSA) is 80.8 Å². The van der Waals surface area contributed by atoms with E-state index in [9.17, 15) is 9.59 Å². The van der Waals surface area contributed by atoms with Crippen LogP contribution in [0.15, 0.2) is 18.3 Å². The first-order valence-electron chi connectivity index (χ1n) is 8.99. The molecule has 3 heterocycles. The summed E-state index contributed by atoms with van der Waals surface area (Å²) >= 11 is 0. The molecule has 2 aliphatic rings. The first-order chi connectivity index (χ1) is 12.2. The number of aromatic nitrogens is 1. The van der Waals surface area contributed by atoms with Gasteiger partial charge in [0.05, 0.1) is 18.8 Å². The summed E-state index contributed by atoms with van der Waals surface area (Å²) in [6.07, 6.45) is 5.75. The third-order valence-electron chi connectivity index (χ3n) is 4.52. The quantitative estimate of drug-likeness (QED) is 0.754. The number of likely N-dealkylation sites (tertiary alicyclic amines) is 1. The first-order valence-corrected chi connectivity index (χ1v) is 8.99. The van der Waals surface area contributed by atoms with E-state index in [-0.39, 0.29) is 17.9 Å². The monoisotopic (exact) mass is 347 g/mol. The summed E-state index contributed by atoms with van der Waals surface area (Å²) in [5.74, 6) is 0.601. The molecule has 0 unspecified atom stereocenters. The Bertz CT molecular complexity index is 584. The average Bonchev–Trinajstić information content (AvgIpc) is 3.05. The van der Waals surface area contributed by atoms with Crippen LogP contribution in [0.2, 0.25) is 0 Å². The van der Waals surface area contributed by atoms with Crippen LogP contribution in [0.1, 0.15) is 42.5 Å². The Labute approximate surface area is 147 Å². The van der Waals surface area contributed by atoms with Gasteiger partial charge in [0.15, 0.2) is 0 Å². The summed E-state index contributed by atoms with van der Waals surface area (Å²) in [4.78, 5) is 29.7. The number of hydrogen-bond donors (Lipinski definition) is 1. The molecule has 0 aromatic carbocycles. The fraction of sp³-hybridized carbons (Fsp3) is 0.611. The molecule has 25 heavy (non-hydrogen) atoms. The zero-order valence-corrected chi connectivity index (χ0v) is 14.4. The molecule has 3 rings (SSSR count). The van der Waals surface area contributed by atoms with Crippen molar-refractivity contribution in [3.05, 3.63) is 23.9 Å². The third kappa shape index (κ3) is 5.16. The van der Waals surface area contributed by atoms with Gasteiger partial charge in [-0.1, -0.05) is 0 Å². The Morgan fingerprint density at radius 1 is 1.36 bits per heavy atom. The second-order valence-corrected chi connectivity index (χ2v) is 6.41. The summed E-state index contributed by atoms with van der Waals surface area (Å²) in [6.45, 7) is 3.52. The molecular weight excluding hydrogens is 322 g/mol. The van der Waals surface area contributed by atoms with Gasteiger partial charge in [-0.25, -0.2) is 4.98 Å². The number of ether oxygens (including phenoxy) is 2. The molecule has 2 fully saturated rings. The predicted molar refractivity (Wildman–Crippen MR) is 91.5 cm³/mol. The minimum atomic E-state index is -0.155. The minimum absolute atomic E-state index is 0.134. The van der Waals surface area contributed by atoms with Crippen molar-refractivity contribution in [3.63, 3.8) is 0 Å². The number of carbonyl (C=O) groups is 2. The number of amides is 2. The second kappa shape index (κ2) is 8.80. The molecule has 2 aliphatic heterocycles. The van der Waals surface area contributed by atoms with E-state index in [1.807, 2.05) is 4.90 Å². The third-order valence-corrected chi connectivity index (χ3v) is 4.52. The van der Waals surface area contributed by atoms with Crippen LogP contribution >= 0.6 is 0 Å². The van der Waals surface area contributed by atoms with Gasteiger partial charge in [0.1, 0.15) is 6.10 Å². The molecule has 0 bridgehead atoms. The molecule has 0 spiro atoms. The van der Waals surface area contributed by atoms with Crippen molar-refractivity contribution in [2.45, 2.75) is 38.2 Å². The zero-order valence-electron chi connectivity index (χ0n) is 14.4. The second-order valence-electron chi connectivity index (χ2n) is 6.41. The molecule has 2 saturated heterocycles. The predicted octanol–water partition coefficient (Wildman–Crippen LogP) is 1.38. The Morgan fingerprint density at radius 2 is 2.20 bits per heavy atom. The van der Waals surface area contributed by atoms with E-state index in [0.717, 1.165) is 32.2 Å². The Hall–Kier alpha value is -2.15. The van der Waals surface area contributed by atoms with E-state index in [1.165, 1.54) is 6.20 Å². The maximum atomic E-state index is 12.1. The van der Waals surface area contributed by atoms with Crippen LogP contribution in [0.25, 0.3) is 0 Å². The Kier molecular flexibility index (Phi) is 6.22. The van der Waals surface area contributed by atoms with Gasteiger partial charge in [0, 0.05) is 51.2 Å². The zero-order chi connectivity index (χ0) is 17.5. The van der Waals surface area contributed by atoms with Crippen molar-refractivity contribution in [1.29, 1.82) is 0 Å². The number of nitrogens with zero attached hydrogens (tertiary/aromatic N) is 2. The van der Waals surface area contributed by atoms with Crippen LogP contribution < -0.4 is 10.1 Å². The summed E-state index contributed by atoms with van der Waals surface area (Å²) in [7, 11) is 0. The lowest BCUT2D eigenvalue weighted by Gasteiger charge is -2.22. The van der Waals surface area contributed by atoms with Crippen molar-refractivity contribution in [3.8, 4) is 5.88 Å². The molecular formula is C18H25N3O4. The smallest absolute Gasteiger partial charge is 0.252 e. The van der Waals surface area contributed by atoms with Crippen molar-refractivity contribution >= 4 is 11.8 Å². The molecule has 1 aromatic heterocycles. The largest absolute Gasteiger partial charge is 0.474 e. The van der Waals surface area contributed by atoms with Gasteiger partial charge in [0.25, 0.3) is 5.91 Å². The standard InChI is InChI=1S/C18H25N3O4/c22-17-3-1-9-21(17)10-2-8-19-18(23)14-4-5-16(20-13-14)25-15-6-11-24-12-7-15/h4-5,13,15H,1-3,6-12H2,(H,19,23). The number of carbonyl (C=O) groups excluding carboxylic acids is 2. The van der Waals surface area contributed by atoms with Crippen molar-refractivity contribution in [2.75, 3.05) is 32.8 Å². The molecule has 1 N–H and O–H groups in total. The number of hydrogen-bond acceptors (Lipinski definition) is 5. The molecule has 7 heteroatoms. The first kappa shape index (κ1) is 17.7. The van der Waals surface area contributed by atoms with Gasteiger partial charge in [-0.3, -0.25) is 9.59 Å². The highest BCUT2D eigenvalue weighted by Gasteiger charge is 2.19. The van der Waals surface area contributed by atoms with Gasteiger partial charge in [-0.2, -0.15) is 0 Å². The van der Waals surface area contributed by atoms with E-state index in [4.69, 9.17) is 9.47 Å². The van der Waals surface area contributed by atoms with E-state index in [0.29, 0.717) is 44.2 Å². The minimum Gasteiger partial charge on any atom is -0.474 e. The molecule has 1 aromatic rings. The van der Waals surface area contributed by atoms with Crippen molar-refractivity contribution in [2.24, 2.45) is 0 Å². The molecule has 7 nitrogen and oxygen atoms in total. The average molecular weight is 347 g/mol. The molecule has 0 saturated carbocycles. The summed E-state index contributed by atoms with van der Waals surface area (Å²) in [6, 6.07) is 3.45. The lowest BCUT2D eigenvalue weighted by molar-refractivity contribution is -0.127. The highest BCUT2D eigenvalue weighted by Crippen LogP contribution is 2.16. The fourth-order valence-electron chi connectivity index (χ4n) is 3.06. The number of rotatable bonds is 7. The highest BCUT2D eigenvalue weighted by atomic mass is 16.5. The van der Waals surface area contributed by atoms with Gasteiger partial charge in [0.2, 0.25) is 11.8 Å². The summed E-state index contributed by atoms with van der Waals surface area (Å²) < 4.78 is 11.1. The van der Waals surface area contributed by atoms with Gasteiger partial charge in [-0.15, -0.1) is 0 Å².